The number of carbonyl (C=O) groups excluding carboxylic acids is 2. The van der Waals surface area contributed by atoms with Gasteiger partial charge in [-0.1, -0.05) is 269 Å². The highest BCUT2D eigenvalue weighted by atomic mass is 16.5. The fourth-order valence-electron chi connectivity index (χ4n) is 8.98. The van der Waals surface area contributed by atoms with E-state index in [1.807, 2.05) is 6.08 Å². The van der Waals surface area contributed by atoms with Crippen LogP contribution in [0.5, 0.6) is 0 Å². The van der Waals surface area contributed by atoms with E-state index in [2.05, 4.69) is 31.3 Å². The number of nitrogens with one attached hydrogen (secondary N) is 1. The number of hydrogen-bond acceptors (Lipinski definition) is 5. The molecule has 0 bridgehead atoms. The quantitative estimate of drug-likeness (QED) is 0.0321. The number of rotatable bonds is 54. The van der Waals surface area contributed by atoms with Crippen LogP contribution >= 0.6 is 0 Å². The van der Waals surface area contributed by atoms with E-state index < -0.39 is 12.1 Å². The summed E-state index contributed by atoms with van der Waals surface area (Å²) in [5.74, 6) is -0.0598. The third kappa shape index (κ3) is 51.6. The number of allylic oxidation sites excluding steroid dienone is 3. The summed E-state index contributed by atoms with van der Waals surface area (Å²) in [6.45, 7) is 4.90. The summed E-state index contributed by atoms with van der Waals surface area (Å²) in [6.07, 6.45) is 66.4. The molecule has 0 rings (SSSR count). The molecule has 0 aromatic rings. The number of unbranched alkanes of at least 4 members (excludes halogenated alkanes) is 41. The Labute approximate surface area is 405 Å². The van der Waals surface area contributed by atoms with Gasteiger partial charge >= 0.3 is 5.97 Å². The Hall–Kier alpha value is -1.66. The monoisotopic (exact) mass is 916 g/mol. The maximum absolute atomic E-state index is 12.4. The summed E-state index contributed by atoms with van der Waals surface area (Å²) < 4.78 is 5.48. The van der Waals surface area contributed by atoms with Crippen molar-refractivity contribution in [2.24, 2.45) is 0 Å². The van der Waals surface area contributed by atoms with Crippen LogP contribution in [0.2, 0.25) is 0 Å². The number of aliphatic hydroxyl groups is 2. The molecule has 0 spiro atoms. The van der Waals surface area contributed by atoms with Gasteiger partial charge in [-0.2, -0.15) is 0 Å². The zero-order valence-electron chi connectivity index (χ0n) is 43.7. The molecule has 0 saturated heterocycles. The first-order chi connectivity index (χ1) is 32.0. The Morgan fingerprint density at radius 2 is 0.723 bits per heavy atom. The van der Waals surface area contributed by atoms with Crippen LogP contribution in [0.1, 0.15) is 316 Å². The Bertz CT molecular complexity index is 1010. The van der Waals surface area contributed by atoms with Gasteiger partial charge in [0.1, 0.15) is 0 Å². The zero-order valence-corrected chi connectivity index (χ0v) is 43.7. The fraction of sp³-hybridized carbons (Fsp3) is 0.898. The van der Waals surface area contributed by atoms with Crippen LogP contribution in [0, 0.1) is 0 Å². The summed E-state index contributed by atoms with van der Waals surface area (Å²) in [5.41, 5.74) is 0. The normalized spacial score (nSPS) is 12.7. The lowest BCUT2D eigenvalue weighted by molar-refractivity contribution is -0.143. The summed E-state index contributed by atoms with van der Waals surface area (Å²) in [4.78, 5) is 24.4. The van der Waals surface area contributed by atoms with Crippen molar-refractivity contribution in [3.63, 3.8) is 0 Å². The van der Waals surface area contributed by atoms with Crippen molar-refractivity contribution in [2.75, 3.05) is 13.2 Å². The van der Waals surface area contributed by atoms with E-state index in [9.17, 15) is 19.8 Å². The number of ether oxygens (including phenoxy) is 1. The minimum Gasteiger partial charge on any atom is -0.466 e. The first kappa shape index (κ1) is 63.3. The van der Waals surface area contributed by atoms with Gasteiger partial charge in [-0.3, -0.25) is 9.59 Å². The Kier molecular flexibility index (Phi) is 53.5. The summed E-state index contributed by atoms with van der Waals surface area (Å²) >= 11 is 0. The molecule has 0 heterocycles. The van der Waals surface area contributed by atoms with E-state index in [4.69, 9.17) is 4.74 Å². The Morgan fingerprint density at radius 3 is 1.09 bits per heavy atom. The van der Waals surface area contributed by atoms with Gasteiger partial charge in [-0.25, -0.2) is 0 Å². The average Bonchev–Trinajstić information content (AvgIpc) is 3.31. The van der Waals surface area contributed by atoms with E-state index >= 15 is 0 Å². The molecule has 0 aliphatic rings. The van der Waals surface area contributed by atoms with E-state index in [-0.39, 0.29) is 18.5 Å². The van der Waals surface area contributed by atoms with E-state index in [1.54, 1.807) is 6.08 Å². The van der Waals surface area contributed by atoms with Crippen molar-refractivity contribution in [3.05, 3.63) is 24.3 Å². The molecule has 0 aliphatic heterocycles. The number of carbonyl (C=O) groups is 2. The molecule has 0 aromatic heterocycles. The molecule has 65 heavy (non-hydrogen) atoms. The number of esters is 1. The second-order valence-electron chi connectivity index (χ2n) is 20.0. The van der Waals surface area contributed by atoms with Crippen LogP contribution in [0.15, 0.2) is 24.3 Å². The van der Waals surface area contributed by atoms with Crippen LogP contribution in [-0.4, -0.2) is 47.4 Å². The van der Waals surface area contributed by atoms with Gasteiger partial charge < -0.3 is 20.3 Å². The zero-order chi connectivity index (χ0) is 47.2. The number of hydrogen-bond donors (Lipinski definition) is 3. The van der Waals surface area contributed by atoms with Crippen molar-refractivity contribution < 1.29 is 24.5 Å². The van der Waals surface area contributed by atoms with E-state index in [1.165, 1.54) is 250 Å². The smallest absolute Gasteiger partial charge is 0.305 e. The van der Waals surface area contributed by atoms with Gasteiger partial charge in [0, 0.05) is 12.8 Å². The molecular weight excluding hydrogens is 803 g/mol. The van der Waals surface area contributed by atoms with Crippen LogP contribution in [0.3, 0.4) is 0 Å². The predicted molar refractivity (Wildman–Crippen MR) is 283 cm³/mol. The van der Waals surface area contributed by atoms with Crippen LogP contribution in [0.4, 0.5) is 0 Å². The van der Waals surface area contributed by atoms with Crippen LogP contribution in [0.25, 0.3) is 0 Å². The molecule has 1 amide bonds. The Balaban J connectivity index is 3.40. The molecule has 0 fully saturated rings. The minimum absolute atomic E-state index is 0.0135. The van der Waals surface area contributed by atoms with Gasteiger partial charge in [0.15, 0.2) is 0 Å². The van der Waals surface area contributed by atoms with Gasteiger partial charge in [0.2, 0.25) is 5.91 Å². The van der Waals surface area contributed by atoms with Crippen molar-refractivity contribution in [3.8, 4) is 0 Å². The lowest BCUT2D eigenvalue weighted by Gasteiger charge is -2.20. The molecule has 2 atom stereocenters. The lowest BCUT2D eigenvalue weighted by atomic mass is 10.0. The average molecular weight is 917 g/mol. The molecule has 3 N–H and O–H groups in total. The third-order valence-electron chi connectivity index (χ3n) is 13.5. The Morgan fingerprint density at radius 1 is 0.415 bits per heavy atom. The highest BCUT2D eigenvalue weighted by Crippen LogP contribution is 2.17. The molecule has 0 aromatic carbocycles. The maximum Gasteiger partial charge on any atom is 0.305 e. The molecule has 0 saturated carbocycles. The van der Waals surface area contributed by atoms with Crippen LogP contribution in [-0.2, 0) is 14.3 Å². The maximum atomic E-state index is 12.4. The highest BCUT2D eigenvalue weighted by Gasteiger charge is 2.18. The molecule has 6 heteroatoms. The largest absolute Gasteiger partial charge is 0.466 e. The molecule has 6 nitrogen and oxygen atoms in total. The minimum atomic E-state index is -0.845. The first-order valence-corrected chi connectivity index (χ1v) is 29.1. The lowest BCUT2D eigenvalue weighted by Crippen LogP contribution is -2.45. The van der Waals surface area contributed by atoms with Gasteiger partial charge in [0.05, 0.1) is 25.4 Å². The topological polar surface area (TPSA) is 95.9 Å². The van der Waals surface area contributed by atoms with Gasteiger partial charge in [-0.05, 0) is 57.8 Å². The van der Waals surface area contributed by atoms with Crippen molar-refractivity contribution >= 4 is 11.9 Å². The van der Waals surface area contributed by atoms with Crippen molar-refractivity contribution in [1.29, 1.82) is 0 Å². The van der Waals surface area contributed by atoms with E-state index in [0.29, 0.717) is 19.4 Å². The summed E-state index contributed by atoms with van der Waals surface area (Å²) in [7, 11) is 0. The predicted octanol–water partition coefficient (Wildman–Crippen LogP) is 17.9. The van der Waals surface area contributed by atoms with Crippen molar-refractivity contribution in [1.82, 2.24) is 5.32 Å². The second kappa shape index (κ2) is 54.9. The highest BCUT2D eigenvalue weighted by molar-refractivity contribution is 5.76. The molecule has 384 valence electrons. The number of aliphatic hydroxyl groups excluding tert-OH is 2. The fourth-order valence-corrected chi connectivity index (χ4v) is 8.98. The number of amides is 1. The SMILES string of the molecule is CCCCCCCCCCC/C=C/C(O)C(CO)NC(=O)CCCCCCCCCC/C=C\CCCCCCCCCCCCCCOC(=O)CCCCCCCCCCCCCCC. The van der Waals surface area contributed by atoms with Crippen molar-refractivity contribution in [2.45, 2.75) is 328 Å². The third-order valence-corrected chi connectivity index (χ3v) is 13.5. The second-order valence-corrected chi connectivity index (χ2v) is 20.0. The summed E-state index contributed by atoms with van der Waals surface area (Å²) in [6, 6.07) is -0.629. The van der Waals surface area contributed by atoms with Gasteiger partial charge in [-0.15, -0.1) is 0 Å². The van der Waals surface area contributed by atoms with Crippen LogP contribution < -0.4 is 5.32 Å². The molecule has 2 unspecified atom stereocenters. The first-order valence-electron chi connectivity index (χ1n) is 29.1. The summed E-state index contributed by atoms with van der Waals surface area (Å²) in [5, 5.41) is 23.0. The molecule has 0 radical (unpaired) electrons. The molecule has 0 aliphatic carbocycles. The standard InChI is InChI=1S/C59H113NO5/c1-3-5-7-9-11-13-15-28-33-37-41-45-49-53-59(64)65-54-50-46-42-38-34-30-27-25-23-21-19-17-16-18-20-22-24-26-29-32-36-40-44-48-52-58(63)60-56(55-61)57(62)51-47-43-39-35-31-14-12-10-8-6-4-2/h18,20,47,51,56-57,61-62H,3-17,19,21-46,48-50,52-55H2,1-2H3,(H,60,63)/b20-18-,51-47+. The van der Waals surface area contributed by atoms with E-state index in [0.717, 1.165) is 38.5 Å². The molecular formula is C59H113NO5. The van der Waals surface area contributed by atoms with Gasteiger partial charge in [0.25, 0.3) is 0 Å².